The largest absolute Gasteiger partial charge is 0.497 e. The number of hydrogen-bond donors (Lipinski definition) is 2. The van der Waals surface area contributed by atoms with Crippen LogP contribution in [0.4, 0.5) is 10.8 Å². The van der Waals surface area contributed by atoms with Crippen molar-refractivity contribution in [3.05, 3.63) is 64.1 Å². The van der Waals surface area contributed by atoms with Crippen molar-refractivity contribution in [2.45, 2.75) is 0 Å². The lowest BCUT2D eigenvalue weighted by Gasteiger charge is -2.01. The van der Waals surface area contributed by atoms with Gasteiger partial charge < -0.3 is 10.1 Å². The van der Waals surface area contributed by atoms with E-state index in [1.807, 2.05) is 12.1 Å². The molecule has 0 atom stereocenters. The maximum atomic E-state index is 12.0. The predicted octanol–water partition coefficient (Wildman–Crippen LogP) is 3.71. The van der Waals surface area contributed by atoms with E-state index in [1.54, 1.807) is 43.5 Å². The topological polar surface area (TPSA) is 88.5 Å². The van der Waals surface area contributed by atoms with Gasteiger partial charge in [-0.25, -0.2) is 5.43 Å². The summed E-state index contributed by atoms with van der Waals surface area (Å²) in [5, 5.41) is 16.8. The summed E-state index contributed by atoms with van der Waals surface area (Å²) in [5.74, 6) is 0.354. The molecule has 0 bridgehead atoms. The number of hydrogen-bond acceptors (Lipinski definition) is 7. The molecule has 0 fully saturated rings. The zero-order valence-electron chi connectivity index (χ0n) is 13.6. The zero-order chi connectivity index (χ0) is 18.4. The maximum Gasteiger partial charge on any atom is 0.271 e. The van der Waals surface area contributed by atoms with Gasteiger partial charge in [0.15, 0.2) is 5.01 Å². The Bertz CT molecular complexity index is 910. The molecular formula is C17H14ClN5O2S. The van der Waals surface area contributed by atoms with Gasteiger partial charge in [0, 0.05) is 16.3 Å². The average molecular weight is 388 g/mol. The molecular weight excluding hydrogens is 374 g/mol. The summed E-state index contributed by atoms with van der Waals surface area (Å²) >= 11 is 7.15. The minimum Gasteiger partial charge on any atom is -0.497 e. The van der Waals surface area contributed by atoms with Crippen molar-refractivity contribution >= 4 is 45.9 Å². The molecule has 0 saturated carbocycles. The number of nitrogens with one attached hydrogen (secondary N) is 2. The van der Waals surface area contributed by atoms with E-state index in [0.29, 0.717) is 26.5 Å². The van der Waals surface area contributed by atoms with Gasteiger partial charge in [-0.1, -0.05) is 22.9 Å². The SMILES string of the molecule is COc1ccc(C(=O)NN=Cc2nnc(Nc3ccc(Cl)cc3)s2)cc1. The van der Waals surface area contributed by atoms with E-state index in [9.17, 15) is 4.79 Å². The molecule has 0 unspecified atom stereocenters. The third-order valence-corrected chi connectivity index (χ3v) is 4.25. The molecule has 0 spiro atoms. The fourth-order valence-corrected chi connectivity index (χ4v) is 2.71. The summed E-state index contributed by atoms with van der Waals surface area (Å²) in [5.41, 5.74) is 3.77. The molecule has 2 aromatic carbocycles. The molecule has 3 rings (SSSR count). The number of benzene rings is 2. The number of rotatable bonds is 6. The second kappa shape index (κ2) is 8.41. The summed E-state index contributed by atoms with van der Waals surface area (Å²) in [6.45, 7) is 0. The Kier molecular flexibility index (Phi) is 5.77. The Balaban J connectivity index is 1.56. The number of amides is 1. The van der Waals surface area contributed by atoms with Crippen LogP contribution in [-0.4, -0.2) is 29.4 Å². The average Bonchev–Trinajstić information content (AvgIpc) is 3.11. The highest BCUT2D eigenvalue weighted by molar-refractivity contribution is 7.16. The Morgan fingerprint density at radius 2 is 1.88 bits per heavy atom. The van der Waals surface area contributed by atoms with Crippen LogP contribution in [0.25, 0.3) is 0 Å². The Morgan fingerprint density at radius 1 is 1.15 bits per heavy atom. The van der Waals surface area contributed by atoms with E-state index in [1.165, 1.54) is 17.6 Å². The summed E-state index contributed by atoms with van der Waals surface area (Å²) in [6.07, 6.45) is 1.44. The molecule has 0 radical (unpaired) electrons. The summed E-state index contributed by atoms with van der Waals surface area (Å²) in [6, 6.07) is 14.0. The van der Waals surface area contributed by atoms with Crippen molar-refractivity contribution in [1.29, 1.82) is 0 Å². The Labute approximate surface area is 158 Å². The standard InChI is InChI=1S/C17H14ClN5O2S/c1-25-14-8-2-11(3-9-14)16(24)22-19-10-15-21-23-17(26-15)20-13-6-4-12(18)5-7-13/h2-10H,1H3,(H,20,23)(H,22,24). The molecule has 1 aromatic heterocycles. The van der Waals surface area contributed by atoms with Gasteiger partial charge in [0.2, 0.25) is 5.13 Å². The molecule has 0 aliphatic rings. The first-order chi connectivity index (χ1) is 12.6. The highest BCUT2D eigenvalue weighted by Gasteiger charge is 2.05. The van der Waals surface area contributed by atoms with Crippen molar-refractivity contribution in [3.63, 3.8) is 0 Å². The zero-order valence-corrected chi connectivity index (χ0v) is 15.2. The fraction of sp³-hybridized carbons (Fsp3) is 0.0588. The highest BCUT2D eigenvalue weighted by atomic mass is 35.5. The van der Waals surface area contributed by atoms with Crippen LogP contribution < -0.4 is 15.5 Å². The number of carbonyl (C=O) groups excluding carboxylic acids is 1. The summed E-state index contributed by atoms with van der Waals surface area (Å²) < 4.78 is 5.05. The first kappa shape index (κ1) is 17.8. The van der Waals surface area contributed by atoms with E-state index in [4.69, 9.17) is 16.3 Å². The number of anilines is 2. The molecule has 0 aliphatic carbocycles. The number of carbonyl (C=O) groups is 1. The fourth-order valence-electron chi connectivity index (χ4n) is 1.95. The number of nitrogens with zero attached hydrogens (tertiary/aromatic N) is 3. The first-order valence-electron chi connectivity index (χ1n) is 7.47. The number of aromatic nitrogens is 2. The molecule has 0 aliphatic heterocycles. The lowest BCUT2D eigenvalue weighted by molar-refractivity contribution is 0.0955. The van der Waals surface area contributed by atoms with Gasteiger partial charge in [0.1, 0.15) is 5.75 Å². The van der Waals surface area contributed by atoms with Crippen molar-refractivity contribution < 1.29 is 9.53 Å². The van der Waals surface area contributed by atoms with Crippen LogP contribution in [0, 0.1) is 0 Å². The van der Waals surface area contributed by atoms with Crippen LogP contribution in [0.3, 0.4) is 0 Å². The van der Waals surface area contributed by atoms with E-state index >= 15 is 0 Å². The van der Waals surface area contributed by atoms with Crippen molar-refractivity contribution in [2.75, 3.05) is 12.4 Å². The molecule has 7 nitrogen and oxygen atoms in total. The van der Waals surface area contributed by atoms with Gasteiger partial charge in [0.05, 0.1) is 13.3 Å². The normalized spacial score (nSPS) is 10.7. The van der Waals surface area contributed by atoms with E-state index in [2.05, 4.69) is 26.0 Å². The van der Waals surface area contributed by atoms with Crippen LogP contribution in [0.5, 0.6) is 5.75 Å². The second-order valence-electron chi connectivity index (χ2n) is 5.00. The van der Waals surface area contributed by atoms with Crippen molar-refractivity contribution in [3.8, 4) is 5.75 Å². The second-order valence-corrected chi connectivity index (χ2v) is 6.45. The van der Waals surface area contributed by atoms with E-state index in [-0.39, 0.29) is 5.91 Å². The lowest BCUT2D eigenvalue weighted by atomic mass is 10.2. The maximum absolute atomic E-state index is 12.0. The molecule has 26 heavy (non-hydrogen) atoms. The third-order valence-electron chi connectivity index (χ3n) is 3.23. The quantitative estimate of drug-likeness (QED) is 0.497. The van der Waals surface area contributed by atoms with Crippen LogP contribution in [-0.2, 0) is 0 Å². The number of hydrazone groups is 1. The van der Waals surface area contributed by atoms with Crippen LogP contribution in [0.15, 0.2) is 53.6 Å². The number of ether oxygens (including phenoxy) is 1. The minimum absolute atomic E-state index is 0.326. The predicted molar refractivity (Wildman–Crippen MR) is 103 cm³/mol. The smallest absolute Gasteiger partial charge is 0.271 e. The molecule has 0 saturated heterocycles. The number of halogens is 1. The summed E-state index contributed by atoms with van der Waals surface area (Å²) in [7, 11) is 1.57. The van der Waals surface area contributed by atoms with Crippen molar-refractivity contribution in [2.24, 2.45) is 5.10 Å². The van der Waals surface area contributed by atoms with Gasteiger partial charge in [0.25, 0.3) is 5.91 Å². The van der Waals surface area contributed by atoms with Crippen LogP contribution in [0.1, 0.15) is 15.4 Å². The Morgan fingerprint density at radius 3 is 2.58 bits per heavy atom. The van der Waals surface area contributed by atoms with Gasteiger partial charge >= 0.3 is 0 Å². The van der Waals surface area contributed by atoms with Gasteiger partial charge in [-0.15, -0.1) is 10.2 Å². The van der Waals surface area contributed by atoms with Gasteiger partial charge in [-0.2, -0.15) is 5.10 Å². The van der Waals surface area contributed by atoms with E-state index in [0.717, 1.165) is 5.69 Å². The van der Waals surface area contributed by atoms with Crippen LogP contribution in [0.2, 0.25) is 5.02 Å². The molecule has 1 amide bonds. The Hall–Kier alpha value is -2.97. The molecule has 3 aromatic rings. The molecule has 9 heteroatoms. The third kappa shape index (κ3) is 4.78. The molecule has 1 heterocycles. The highest BCUT2D eigenvalue weighted by Crippen LogP contribution is 2.21. The van der Waals surface area contributed by atoms with Gasteiger partial charge in [-0.3, -0.25) is 4.79 Å². The monoisotopic (exact) mass is 387 g/mol. The lowest BCUT2D eigenvalue weighted by Crippen LogP contribution is -2.17. The van der Waals surface area contributed by atoms with Gasteiger partial charge in [-0.05, 0) is 48.5 Å². The molecule has 132 valence electrons. The van der Waals surface area contributed by atoms with Crippen LogP contribution >= 0.6 is 22.9 Å². The molecule has 2 N–H and O–H groups in total. The van der Waals surface area contributed by atoms with Crippen molar-refractivity contribution in [1.82, 2.24) is 15.6 Å². The van der Waals surface area contributed by atoms with E-state index < -0.39 is 0 Å². The number of methoxy groups -OCH3 is 1. The minimum atomic E-state index is -0.326. The first-order valence-corrected chi connectivity index (χ1v) is 8.67. The summed E-state index contributed by atoms with van der Waals surface area (Å²) in [4.78, 5) is 12.0.